The molecule has 0 radical (unpaired) electrons. The number of benzene rings is 23. The summed E-state index contributed by atoms with van der Waals surface area (Å²) in [5.74, 6) is 0. The molecule has 6 aromatic heterocycles. The lowest BCUT2D eigenvalue weighted by Crippen LogP contribution is -1.97. The van der Waals surface area contributed by atoms with Gasteiger partial charge in [-0.05, 0) is 248 Å². The van der Waals surface area contributed by atoms with E-state index in [1.807, 2.05) is 0 Å². The van der Waals surface area contributed by atoms with E-state index in [1.165, 1.54) is 237 Å². The number of nitrogens with zero attached hydrogens (tertiary/aromatic N) is 6. The van der Waals surface area contributed by atoms with E-state index in [1.54, 1.807) is 0 Å². The number of hydrogen-bond donors (Lipinski definition) is 0. The van der Waals surface area contributed by atoms with Crippen molar-refractivity contribution in [1.82, 2.24) is 27.4 Å². The summed E-state index contributed by atoms with van der Waals surface area (Å²) in [4.78, 5) is 0. The third-order valence-corrected chi connectivity index (χ3v) is 28.9. The Labute approximate surface area is 821 Å². The highest BCUT2D eigenvalue weighted by Crippen LogP contribution is 2.46. The largest absolute Gasteiger partial charge is 0.309 e. The number of fused-ring (bicyclic) bond motifs is 19. The van der Waals surface area contributed by atoms with Crippen molar-refractivity contribution < 1.29 is 0 Å². The lowest BCUT2D eigenvalue weighted by atomic mass is 10.0. The molecule has 0 aliphatic heterocycles. The monoisotopic (exact) mass is 1810 g/mol. The van der Waals surface area contributed by atoms with Crippen LogP contribution in [0.4, 0.5) is 0 Å². The summed E-state index contributed by atoms with van der Waals surface area (Å²) in [6.07, 6.45) is 0. The van der Waals surface area contributed by atoms with Gasteiger partial charge in [-0.1, -0.05) is 376 Å². The SMILES string of the molecule is c1ccc(-c2cccc(-n3c4ccccc4c4cc(-c5ccc6c(c5)c5ccccc5n6-c5cccc(-c6ccccc6)c5)ccc43)c2)cc1.c1ccc(-c2cccc(-n3c4ccccc4c4cc(-c5ccc6c(c5)c5ccccc5n6-c5ccccc5-c5ccccc5)ccc43)c2)cc1.c1ccc(-n2c3ccccc3c3cc(-c4ccc5c(c4)c4ccccc4n5-c4cccc5ccccc45)ccc32)cc1. The molecular weight excluding hydrogens is 1720 g/mol. The number of rotatable bonds is 13. The fourth-order valence-corrected chi connectivity index (χ4v) is 22.4. The highest BCUT2D eigenvalue weighted by Gasteiger charge is 2.24. The molecule has 0 aliphatic carbocycles. The quantitative estimate of drug-likeness (QED) is 0.110. The molecule has 0 fully saturated rings. The molecule has 29 aromatic rings. The normalized spacial score (nSPS) is 11.7. The van der Waals surface area contributed by atoms with Crippen LogP contribution < -0.4 is 0 Å². The minimum Gasteiger partial charge on any atom is -0.309 e. The molecule has 6 heteroatoms. The van der Waals surface area contributed by atoms with Crippen molar-refractivity contribution in [3.8, 4) is 112 Å². The first-order valence-electron chi connectivity index (χ1n) is 48.8. The molecule has 0 aliphatic rings. The maximum absolute atomic E-state index is 2.43. The van der Waals surface area contributed by atoms with Crippen LogP contribution in [-0.2, 0) is 0 Å². The lowest BCUT2D eigenvalue weighted by molar-refractivity contribution is 1.18. The van der Waals surface area contributed by atoms with Crippen molar-refractivity contribution in [2.75, 3.05) is 0 Å². The van der Waals surface area contributed by atoms with Gasteiger partial charge in [-0.2, -0.15) is 0 Å². The molecule has 6 heterocycles. The fourth-order valence-electron chi connectivity index (χ4n) is 22.4. The predicted octanol–water partition coefficient (Wildman–Crippen LogP) is 36.5. The molecule has 0 unspecified atom stereocenters. The topological polar surface area (TPSA) is 29.6 Å². The summed E-state index contributed by atoms with van der Waals surface area (Å²) >= 11 is 0. The number of aromatic nitrogens is 6. The van der Waals surface area contributed by atoms with Gasteiger partial charge in [0, 0.05) is 98.3 Å². The van der Waals surface area contributed by atoms with Crippen molar-refractivity contribution in [2.45, 2.75) is 0 Å². The lowest BCUT2D eigenvalue weighted by Gasteiger charge is -2.14. The molecule has 0 amide bonds. The second-order valence-electron chi connectivity index (χ2n) is 37.0. The smallest absolute Gasteiger partial charge is 0.0541 e. The summed E-state index contributed by atoms with van der Waals surface area (Å²) in [5.41, 5.74) is 38.6. The second kappa shape index (κ2) is 34.7. The molecule has 0 saturated carbocycles. The third kappa shape index (κ3) is 14.2. The molecule has 0 saturated heterocycles. The van der Waals surface area contributed by atoms with Crippen molar-refractivity contribution in [3.05, 3.63) is 546 Å². The van der Waals surface area contributed by atoms with E-state index in [2.05, 4.69) is 573 Å². The summed E-state index contributed by atoms with van der Waals surface area (Å²) in [6.45, 7) is 0. The van der Waals surface area contributed by atoms with Crippen molar-refractivity contribution in [2.24, 2.45) is 0 Å². The predicted molar refractivity (Wildman–Crippen MR) is 601 cm³/mol. The molecule has 0 N–H and O–H groups in total. The van der Waals surface area contributed by atoms with Gasteiger partial charge in [-0.25, -0.2) is 0 Å². The van der Waals surface area contributed by atoms with Crippen LogP contribution in [0.3, 0.4) is 0 Å². The van der Waals surface area contributed by atoms with Gasteiger partial charge in [0.25, 0.3) is 0 Å². The Hall–Kier alpha value is -18.9. The van der Waals surface area contributed by atoms with Crippen LogP contribution >= 0.6 is 0 Å². The van der Waals surface area contributed by atoms with Crippen LogP contribution in [0.2, 0.25) is 0 Å². The Bertz CT molecular complexity index is 9780. The minimum absolute atomic E-state index is 1.16. The zero-order valence-electron chi connectivity index (χ0n) is 77.6. The van der Waals surface area contributed by atoms with Crippen molar-refractivity contribution in [3.63, 3.8) is 0 Å². The van der Waals surface area contributed by atoms with E-state index in [9.17, 15) is 0 Å². The zero-order valence-corrected chi connectivity index (χ0v) is 77.6. The van der Waals surface area contributed by atoms with E-state index in [0.717, 1.165) is 17.1 Å². The molecule has 0 spiro atoms. The van der Waals surface area contributed by atoms with Gasteiger partial charge in [-0.3, -0.25) is 0 Å². The van der Waals surface area contributed by atoms with E-state index >= 15 is 0 Å². The molecule has 0 bridgehead atoms. The van der Waals surface area contributed by atoms with Crippen molar-refractivity contribution >= 4 is 142 Å². The molecule has 23 aromatic carbocycles. The maximum atomic E-state index is 2.43. The average molecular weight is 1810 g/mol. The molecule has 142 heavy (non-hydrogen) atoms. The molecular formula is C136H90N6. The summed E-state index contributed by atoms with van der Waals surface area (Å²) < 4.78 is 14.4. The van der Waals surface area contributed by atoms with Crippen LogP contribution in [0.5, 0.6) is 0 Å². The molecule has 0 atom stereocenters. The van der Waals surface area contributed by atoms with Crippen LogP contribution in [0.25, 0.3) is 254 Å². The fraction of sp³-hybridized carbons (Fsp3) is 0. The van der Waals surface area contributed by atoms with Gasteiger partial charge in [0.1, 0.15) is 0 Å². The summed E-state index contributed by atoms with van der Waals surface area (Å²) in [6, 6.07) is 198. The van der Waals surface area contributed by atoms with Gasteiger partial charge in [-0.15, -0.1) is 0 Å². The Morgan fingerprint density at radius 3 is 0.641 bits per heavy atom. The zero-order chi connectivity index (χ0) is 93.7. The van der Waals surface area contributed by atoms with Gasteiger partial charge in [0.05, 0.1) is 77.6 Å². The Morgan fingerprint density at radius 1 is 0.0986 bits per heavy atom. The first-order chi connectivity index (χ1) is 70.5. The number of hydrogen-bond acceptors (Lipinski definition) is 0. The number of para-hydroxylation sites is 8. The first-order valence-corrected chi connectivity index (χ1v) is 48.8. The highest BCUT2D eigenvalue weighted by molar-refractivity contribution is 6.18. The van der Waals surface area contributed by atoms with Gasteiger partial charge < -0.3 is 27.4 Å². The molecule has 6 nitrogen and oxygen atoms in total. The Kier molecular flexibility index (Phi) is 20.2. The van der Waals surface area contributed by atoms with Crippen molar-refractivity contribution in [1.29, 1.82) is 0 Å². The third-order valence-electron chi connectivity index (χ3n) is 28.9. The van der Waals surface area contributed by atoms with Gasteiger partial charge in [0.2, 0.25) is 0 Å². The maximum Gasteiger partial charge on any atom is 0.0541 e. The molecule has 29 rings (SSSR count). The van der Waals surface area contributed by atoms with Crippen LogP contribution in [0.15, 0.2) is 546 Å². The van der Waals surface area contributed by atoms with Crippen LogP contribution in [-0.4, -0.2) is 27.4 Å². The minimum atomic E-state index is 1.16. The van der Waals surface area contributed by atoms with Crippen LogP contribution in [0, 0.1) is 0 Å². The standard InChI is InChI=1S/2C48H32N2.C40H26N2/c1-3-14-33(15-4-1)35-18-13-19-38(30-35)49-45-24-11-8-21-40(45)42-31-36(26-28-47(42)49)37-27-29-48-43(32-37)41-22-9-12-25-46(41)50(48)44-23-10-7-20-39(44)34-16-5-2-6-17-34;1-3-13-33(14-4-1)35-17-11-19-39(29-35)49-45-23-9-7-21-41(45)43-31-37(25-27-47(43)49)38-26-28-48-44(32-38)42-22-8-10-24-46(42)50(48)40-20-12-18-36(30-40)34-15-5-2-6-16-34;1-2-13-30(14-3-1)41-37-18-8-6-16-32(37)34-25-28(21-23-39(34)41)29-22-24-40-35(26-29)33-17-7-9-19-38(33)42(40)36-20-10-12-27-11-4-5-15-31(27)36/h2*1-32H;1-26H. The van der Waals surface area contributed by atoms with Gasteiger partial charge >= 0.3 is 0 Å². The molecule has 664 valence electrons. The summed E-state index contributed by atoms with van der Waals surface area (Å²) in [5, 5.41) is 17.6. The van der Waals surface area contributed by atoms with Crippen LogP contribution in [0.1, 0.15) is 0 Å². The second-order valence-corrected chi connectivity index (χ2v) is 37.0. The summed E-state index contributed by atoms with van der Waals surface area (Å²) in [7, 11) is 0. The van der Waals surface area contributed by atoms with E-state index in [4.69, 9.17) is 0 Å². The van der Waals surface area contributed by atoms with Gasteiger partial charge in [0.15, 0.2) is 0 Å². The average Bonchev–Trinajstić information content (AvgIpc) is 1.59. The first kappa shape index (κ1) is 82.6. The van der Waals surface area contributed by atoms with E-state index in [-0.39, 0.29) is 0 Å². The Morgan fingerprint density at radius 2 is 0.303 bits per heavy atom. The van der Waals surface area contributed by atoms with E-state index in [0.29, 0.717) is 0 Å². The van der Waals surface area contributed by atoms with E-state index < -0.39 is 0 Å². The Balaban J connectivity index is 0.000000107. The highest BCUT2D eigenvalue weighted by atomic mass is 15.0.